The van der Waals surface area contributed by atoms with Crippen molar-refractivity contribution < 1.29 is 23.9 Å². The lowest BCUT2D eigenvalue weighted by molar-refractivity contribution is -0.115. The van der Waals surface area contributed by atoms with E-state index in [2.05, 4.69) is 25.9 Å². The van der Waals surface area contributed by atoms with Crippen molar-refractivity contribution in [1.82, 2.24) is 20.6 Å². The molecule has 162 valence electrons. The van der Waals surface area contributed by atoms with Crippen LogP contribution in [0.25, 0.3) is 0 Å². The summed E-state index contributed by atoms with van der Waals surface area (Å²) >= 11 is 0.964. The molecule has 0 bridgehead atoms. The largest absolute Gasteiger partial charge is 0.462 e. The molecule has 0 saturated carbocycles. The first-order chi connectivity index (χ1) is 15.0. The molecule has 0 fully saturated rings. The van der Waals surface area contributed by atoms with Gasteiger partial charge < -0.3 is 14.8 Å². The van der Waals surface area contributed by atoms with Gasteiger partial charge in [-0.15, -0.1) is 21.5 Å². The van der Waals surface area contributed by atoms with Gasteiger partial charge in [0.25, 0.3) is 0 Å². The second-order valence-corrected chi connectivity index (χ2v) is 7.43. The molecule has 0 aliphatic heterocycles. The fraction of sp³-hybridized carbons (Fsp3) is 0.300. The van der Waals surface area contributed by atoms with Gasteiger partial charge in [0.1, 0.15) is 9.88 Å². The standard InChI is InChI=1S/C20H21N5O5S/c1-3-29-19(27)16-12(2)17(20(28)30-10-9-13-7-5-4-6-8-13)31-18(16)21-15(26)11-14-22-24-25-23-14/h4-8H,3,9-11H2,1-2H3,(H,21,26)(H,22,23,24,25). The summed E-state index contributed by atoms with van der Waals surface area (Å²) in [7, 11) is 0. The molecule has 2 heterocycles. The number of amides is 1. The lowest BCUT2D eigenvalue weighted by atomic mass is 10.1. The van der Waals surface area contributed by atoms with Gasteiger partial charge in [-0.05, 0) is 25.0 Å². The summed E-state index contributed by atoms with van der Waals surface area (Å²) in [4.78, 5) is 37.7. The Morgan fingerprint density at radius 2 is 1.90 bits per heavy atom. The molecule has 31 heavy (non-hydrogen) atoms. The Hall–Kier alpha value is -3.60. The van der Waals surface area contributed by atoms with E-state index >= 15 is 0 Å². The van der Waals surface area contributed by atoms with Crippen LogP contribution < -0.4 is 5.32 Å². The van der Waals surface area contributed by atoms with Crippen molar-refractivity contribution in [2.45, 2.75) is 26.7 Å². The zero-order valence-corrected chi connectivity index (χ0v) is 17.8. The molecule has 3 rings (SSSR count). The Bertz CT molecular complexity index is 1050. The van der Waals surface area contributed by atoms with Crippen molar-refractivity contribution in [3.8, 4) is 0 Å². The van der Waals surface area contributed by atoms with Gasteiger partial charge in [-0.3, -0.25) is 4.79 Å². The number of H-pyrrole nitrogens is 1. The van der Waals surface area contributed by atoms with Gasteiger partial charge in [0, 0.05) is 6.42 Å². The van der Waals surface area contributed by atoms with Crippen molar-refractivity contribution in [3.63, 3.8) is 0 Å². The van der Waals surface area contributed by atoms with E-state index in [-0.39, 0.29) is 40.9 Å². The number of aromatic amines is 1. The number of esters is 2. The molecule has 1 aromatic carbocycles. The average Bonchev–Trinajstić information content (AvgIpc) is 3.36. The summed E-state index contributed by atoms with van der Waals surface area (Å²) in [5.74, 6) is -1.46. The van der Waals surface area contributed by atoms with Gasteiger partial charge in [-0.25, -0.2) is 9.59 Å². The number of aromatic nitrogens is 4. The first kappa shape index (κ1) is 22.1. The highest BCUT2D eigenvalue weighted by molar-refractivity contribution is 7.18. The van der Waals surface area contributed by atoms with Crippen LogP contribution >= 0.6 is 11.3 Å². The first-order valence-corrected chi connectivity index (χ1v) is 10.3. The van der Waals surface area contributed by atoms with E-state index in [0.717, 1.165) is 16.9 Å². The molecule has 2 N–H and O–H groups in total. The number of anilines is 1. The molecular weight excluding hydrogens is 422 g/mol. The van der Waals surface area contributed by atoms with Crippen molar-refractivity contribution >= 4 is 34.2 Å². The molecule has 0 saturated heterocycles. The molecule has 3 aromatic rings. The third kappa shape index (κ3) is 5.72. The van der Waals surface area contributed by atoms with Gasteiger partial charge in [0.05, 0.1) is 25.2 Å². The number of ether oxygens (including phenoxy) is 2. The van der Waals surface area contributed by atoms with Crippen LogP contribution in [0.3, 0.4) is 0 Å². The van der Waals surface area contributed by atoms with E-state index in [4.69, 9.17) is 9.47 Å². The molecule has 1 amide bonds. The van der Waals surface area contributed by atoms with Crippen molar-refractivity contribution in [3.05, 3.63) is 57.7 Å². The Morgan fingerprint density at radius 1 is 1.13 bits per heavy atom. The lowest BCUT2D eigenvalue weighted by Gasteiger charge is -2.06. The molecule has 0 atom stereocenters. The summed E-state index contributed by atoms with van der Waals surface area (Å²) in [6, 6.07) is 9.63. The maximum absolute atomic E-state index is 12.6. The zero-order valence-electron chi connectivity index (χ0n) is 17.0. The maximum Gasteiger partial charge on any atom is 0.348 e. The Balaban J connectivity index is 1.74. The van der Waals surface area contributed by atoms with Gasteiger partial charge >= 0.3 is 11.9 Å². The van der Waals surface area contributed by atoms with Crippen molar-refractivity contribution in [1.29, 1.82) is 0 Å². The van der Waals surface area contributed by atoms with Crippen LogP contribution in [0.5, 0.6) is 0 Å². The summed E-state index contributed by atoms with van der Waals surface area (Å²) in [6.07, 6.45) is 0.419. The number of carbonyl (C=O) groups is 3. The number of hydrogen-bond donors (Lipinski definition) is 2. The number of benzene rings is 1. The van der Waals surface area contributed by atoms with Gasteiger partial charge in [0.2, 0.25) is 5.91 Å². The summed E-state index contributed by atoms with van der Waals surface area (Å²) in [6.45, 7) is 3.63. The third-order valence-electron chi connectivity index (χ3n) is 4.24. The zero-order chi connectivity index (χ0) is 22.2. The second kappa shape index (κ2) is 10.4. The summed E-state index contributed by atoms with van der Waals surface area (Å²) in [5, 5.41) is 15.9. The van der Waals surface area contributed by atoms with Crippen LogP contribution in [0.15, 0.2) is 30.3 Å². The molecule has 11 heteroatoms. The normalized spacial score (nSPS) is 10.5. The van der Waals surface area contributed by atoms with Crippen LogP contribution in [0.4, 0.5) is 5.00 Å². The minimum absolute atomic E-state index is 0.128. The average molecular weight is 443 g/mol. The van der Waals surface area contributed by atoms with E-state index in [9.17, 15) is 14.4 Å². The predicted molar refractivity (Wildman–Crippen MR) is 112 cm³/mol. The van der Waals surface area contributed by atoms with E-state index in [0.29, 0.717) is 12.0 Å². The highest BCUT2D eigenvalue weighted by Crippen LogP contribution is 2.34. The minimum Gasteiger partial charge on any atom is -0.462 e. The molecule has 0 spiro atoms. The van der Waals surface area contributed by atoms with E-state index in [1.165, 1.54) is 0 Å². The number of rotatable bonds is 9. The molecule has 0 aliphatic rings. The van der Waals surface area contributed by atoms with Crippen LogP contribution in [0, 0.1) is 6.92 Å². The lowest BCUT2D eigenvalue weighted by Crippen LogP contribution is -2.17. The van der Waals surface area contributed by atoms with Crippen LogP contribution in [0.2, 0.25) is 0 Å². The van der Waals surface area contributed by atoms with Crippen LogP contribution in [-0.2, 0) is 27.1 Å². The highest BCUT2D eigenvalue weighted by atomic mass is 32.1. The van der Waals surface area contributed by atoms with Gasteiger partial charge in [-0.1, -0.05) is 35.5 Å². The maximum atomic E-state index is 12.6. The summed E-state index contributed by atoms with van der Waals surface area (Å²) < 4.78 is 10.5. The Kier molecular flexibility index (Phi) is 7.44. The van der Waals surface area contributed by atoms with Gasteiger partial charge in [-0.2, -0.15) is 5.21 Å². The minimum atomic E-state index is -0.630. The van der Waals surface area contributed by atoms with E-state index in [1.54, 1.807) is 13.8 Å². The predicted octanol–water partition coefficient (Wildman–Crippen LogP) is 2.33. The third-order valence-corrected chi connectivity index (χ3v) is 5.43. The second-order valence-electron chi connectivity index (χ2n) is 6.41. The Labute approximate surface area is 182 Å². The van der Waals surface area contributed by atoms with Crippen LogP contribution in [-0.4, -0.2) is 51.7 Å². The fourth-order valence-corrected chi connectivity index (χ4v) is 3.89. The molecule has 0 aliphatic carbocycles. The summed E-state index contributed by atoms with van der Waals surface area (Å²) in [5.41, 5.74) is 1.56. The molecule has 0 radical (unpaired) electrons. The topological polar surface area (TPSA) is 136 Å². The van der Waals surface area contributed by atoms with Crippen LogP contribution in [0.1, 0.15) is 43.9 Å². The number of hydrogen-bond acceptors (Lipinski definition) is 9. The number of thiophene rings is 1. The number of carbonyl (C=O) groups excluding carboxylic acids is 3. The molecule has 0 unspecified atom stereocenters. The van der Waals surface area contributed by atoms with E-state index < -0.39 is 17.8 Å². The monoisotopic (exact) mass is 443 g/mol. The number of nitrogens with zero attached hydrogens (tertiary/aromatic N) is 3. The Morgan fingerprint density at radius 3 is 2.58 bits per heavy atom. The number of tetrazole rings is 1. The number of nitrogens with one attached hydrogen (secondary N) is 2. The fourth-order valence-electron chi connectivity index (χ4n) is 2.79. The smallest absolute Gasteiger partial charge is 0.348 e. The van der Waals surface area contributed by atoms with Crippen molar-refractivity contribution in [2.24, 2.45) is 0 Å². The molecule has 2 aromatic heterocycles. The SMILES string of the molecule is CCOC(=O)c1c(NC(=O)Cc2nn[nH]n2)sc(C(=O)OCCc2ccccc2)c1C. The van der Waals surface area contributed by atoms with Gasteiger partial charge in [0.15, 0.2) is 5.82 Å². The van der Waals surface area contributed by atoms with E-state index in [1.807, 2.05) is 30.3 Å². The highest BCUT2D eigenvalue weighted by Gasteiger charge is 2.27. The molecule has 10 nitrogen and oxygen atoms in total. The molecular formula is C20H21N5O5S. The first-order valence-electron chi connectivity index (χ1n) is 9.53. The van der Waals surface area contributed by atoms with Crippen molar-refractivity contribution in [2.75, 3.05) is 18.5 Å². The quantitative estimate of drug-likeness (QED) is 0.481.